The van der Waals surface area contributed by atoms with Crippen LogP contribution in [0, 0.1) is 35.5 Å². The highest BCUT2D eigenvalue weighted by Gasteiger charge is 1.90. The van der Waals surface area contributed by atoms with Crippen LogP contribution >= 0.6 is 0 Å². The minimum Gasteiger partial charge on any atom is -0.497 e. The summed E-state index contributed by atoms with van der Waals surface area (Å²) in [6.07, 6.45) is 0. The predicted octanol–water partition coefficient (Wildman–Crippen LogP) is 5.40. The van der Waals surface area contributed by atoms with E-state index in [4.69, 9.17) is 4.74 Å². The van der Waals surface area contributed by atoms with Crippen LogP contribution in [0.15, 0.2) is 54.6 Å². The first kappa shape index (κ1) is 19.4. The SMILES string of the molecule is CC(C)C#Cc1ccccc1.COc1ccc(C#CC(C)C)cc1. The second kappa shape index (κ2) is 11.0. The Kier molecular flexibility index (Phi) is 8.88. The van der Waals surface area contributed by atoms with Gasteiger partial charge in [0.05, 0.1) is 7.11 Å². The van der Waals surface area contributed by atoms with E-state index in [1.54, 1.807) is 7.11 Å². The van der Waals surface area contributed by atoms with Crippen LogP contribution in [-0.4, -0.2) is 7.11 Å². The molecule has 0 unspecified atom stereocenters. The van der Waals surface area contributed by atoms with Crippen LogP contribution in [0.3, 0.4) is 0 Å². The maximum Gasteiger partial charge on any atom is 0.118 e. The first-order valence-electron chi connectivity index (χ1n) is 8.23. The molecule has 1 heteroatoms. The Balaban J connectivity index is 0.000000243. The van der Waals surface area contributed by atoms with Crippen molar-refractivity contribution in [1.82, 2.24) is 0 Å². The largest absolute Gasteiger partial charge is 0.497 e. The lowest BCUT2D eigenvalue weighted by Crippen LogP contribution is -1.83. The van der Waals surface area contributed by atoms with Crippen LogP contribution in [0.2, 0.25) is 0 Å². The Morgan fingerprint density at radius 1 is 0.667 bits per heavy atom. The molecule has 0 aliphatic heterocycles. The van der Waals surface area contributed by atoms with E-state index >= 15 is 0 Å². The molecule has 0 amide bonds. The molecule has 0 N–H and O–H groups in total. The second-order valence-corrected chi connectivity index (χ2v) is 5.94. The molecular weight excluding hydrogens is 292 g/mol. The molecule has 2 aromatic carbocycles. The average Bonchev–Trinajstić information content (AvgIpc) is 2.60. The van der Waals surface area contributed by atoms with Gasteiger partial charge in [-0.2, -0.15) is 0 Å². The summed E-state index contributed by atoms with van der Waals surface area (Å²) in [4.78, 5) is 0. The Bertz CT molecular complexity index is 702. The summed E-state index contributed by atoms with van der Waals surface area (Å²) in [5.74, 6) is 14.1. The van der Waals surface area contributed by atoms with E-state index in [1.807, 2.05) is 54.6 Å². The smallest absolute Gasteiger partial charge is 0.118 e. The van der Waals surface area contributed by atoms with Crippen molar-refractivity contribution in [2.45, 2.75) is 27.7 Å². The van der Waals surface area contributed by atoms with E-state index in [9.17, 15) is 0 Å². The molecule has 0 aliphatic rings. The van der Waals surface area contributed by atoms with Gasteiger partial charge >= 0.3 is 0 Å². The number of rotatable bonds is 1. The maximum absolute atomic E-state index is 5.05. The van der Waals surface area contributed by atoms with Crippen LogP contribution in [0.25, 0.3) is 0 Å². The highest BCUT2D eigenvalue weighted by Crippen LogP contribution is 2.10. The van der Waals surface area contributed by atoms with Gasteiger partial charge < -0.3 is 4.74 Å². The molecule has 24 heavy (non-hydrogen) atoms. The van der Waals surface area contributed by atoms with Crippen LogP contribution in [0.1, 0.15) is 38.8 Å². The molecule has 1 nitrogen and oxygen atoms in total. The normalized spacial score (nSPS) is 9.12. The quantitative estimate of drug-likeness (QED) is 0.640. The standard InChI is InChI=1S/C12H14O.C11H12/c1-10(2)4-5-11-6-8-12(13-3)9-7-11;1-10(2)8-9-11-6-4-3-5-7-11/h6-10H,1-3H3;3-7,10H,1-2H3. The van der Waals surface area contributed by atoms with Gasteiger partial charge in [-0.1, -0.05) is 69.6 Å². The van der Waals surface area contributed by atoms with E-state index in [0.29, 0.717) is 11.8 Å². The second-order valence-electron chi connectivity index (χ2n) is 5.94. The average molecular weight is 318 g/mol. The molecule has 0 fully saturated rings. The van der Waals surface area contributed by atoms with Crippen LogP contribution in [0.5, 0.6) is 5.75 Å². The zero-order valence-corrected chi connectivity index (χ0v) is 15.3. The molecule has 0 saturated heterocycles. The minimum absolute atomic E-state index is 0.419. The van der Waals surface area contributed by atoms with Crippen molar-refractivity contribution in [3.05, 3.63) is 65.7 Å². The van der Waals surface area contributed by atoms with Gasteiger partial charge in [0.25, 0.3) is 0 Å². The zero-order valence-electron chi connectivity index (χ0n) is 15.3. The Morgan fingerprint density at radius 3 is 1.54 bits per heavy atom. The van der Waals surface area contributed by atoms with E-state index in [2.05, 4.69) is 51.4 Å². The summed E-state index contributed by atoms with van der Waals surface area (Å²) in [5.41, 5.74) is 2.13. The van der Waals surface area contributed by atoms with Gasteiger partial charge in [0.15, 0.2) is 0 Å². The third-order valence-electron chi connectivity index (χ3n) is 2.87. The van der Waals surface area contributed by atoms with Gasteiger partial charge in [0.2, 0.25) is 0 Å². The molecular formula is C23H26O. The van der Waals surface area contributed by atoms with Crippen molar-refractivity contribution < 1.29 is 4.74 Å². The minimum atomic E-state index is 0.419. The molecule has 124 valence electrons. The van der Waals surface area contributed by atoms with Crippen LogP contribution in [-0.2, 0) is 0 Å². The number of methoxy groups -OCH3 is 1. The zero-order chi connectivity index (χ0) is 17.8. The van der Waals surface area contributed by atoms with E-state index in [0.717, 1.165) is 16.9 Å². The van der Waals surface area contributed by atoms with Crippen molar-refractivity contribution in [3.63, 3.8) is 0 Å². The highest BCUT2D eigenvalue weighted by molar-refractivity contribution is 5.38. The number of hydrogen-bond donors (Lipinski definition) is 0. The number of ether oxygens (including phenoxy) is 1. The van der Waals surface area contributed by atoms with Gasteiger partial charge in [0, 0.05) is 23.0 Å². The Morgan fingerprint density at radius 2 is 1.12 bits per heavy atom. The first-order chi connectivity index (χ1) is 11.5. The first-order valence-corrected chi connectivity index (χ1v) is 8.23. The highest BCUT2D eigenvalue weighted by atomic mass is 16.5. The third-order valence-corrected chi connectivity index (χ3v) is 2.87. The van der Waals surface area contributed by atoms with Gasteiger partial charge in [-0.15, -0.1) is 0 Å². The molecule has 2 rings (SSSR count). The van der Waals surface area contributed by atoms with Crippen molar-refractivity contribution in [2.24, 2.45) is 11.8 Å². The van der Waals surface area contributed by atoms with E-state index < -0.39 is 0 Å². The van der Waals surface area contributed by atoms with Crippen molar-refractivity contribution in [2.75, 3.05) is 7.11 Å². The Labute approximate surface area is 147 Å². The fourth-order valence-corrected chi connectivity index (χ4v) is 1.65. The number of benzene rings is 2. The summed E-state index contributed by atoms with van der Waals surface area (Å²) in [6.45, 7) is 8.35. The molecule has 0 aromatic heterocycles. The van der Waals surface area contributed by atoms with Gasteiger partial charge in [-0.25, -0.2) is 0 Å². The molecule has 0 saturated carbocycles. The van der Waals surface area contributed by atoms with E-state index in [-0.39, 0.29) is 0 Å². The fourth-order valence-electron chi connectivity index (χ4n) is 1.65. The molecule has 0 aliphatic carbocycles. The molecule has 0 radical (unpaired) electrons. The summed E-state index contributed by atoms with van der Waals surface area (Å²) >= 11 is 0. The van der Waals surface area contributed by atoms with Crippen LogP contribution < -0.4 is 4.74 Å². The number of hydrogen-bond acceptors (Lipinski definition) is 1. The van der Waals surface area contributed by atoms with Crippen molar-refractivity contribution >= 4 is 0 Å². The fraction of sp³-hybridized carbons (Fsp3) is 0.304. The summed E-state index contributed by atoms with van der Waals surface area (Å²) < 4.78 is 5.05. The molecule has 2 aromatic rings. The topological polar surface area (TPSA) is 9.23 Å². The third kappa shape index (κ3) is 8.72. The maximum atomic E-state index is 5.05. The van der Waals surface area contributed by atoms with Gasteiger partial charge in [-0.05, 0) is 36.4 Å². The molecule has 0 spiro atoms. The lowest BCUT2D eigenvalue weighted by molar-refractivity contribution is 0.415. The van der Waals surface area contributed by atoms with Crippen molar-refractivity contribution in [3.8, 4) is 29.4 Å². The predicted molar refractivity (Wildman–Crippen MR) is 103 cm³/mol. The van der Waals surface area contributed by atoms with E-state index in [1.165, 1.54) is 0 Å². The van der Waals surface area contributed by atoms with Gasteiger partial charge in [-0.3, -0.25) is 0 Å². The molecule has 0 heterocycles. The molecule has 0 bridgehead atoms. The summed E-state index contributed by atoms with van der Waals surface area (Å²) in [5, 5.41) is 0. The lowest BCUT2D eigenvalue weighted by atomic mass is 10.2. The van der Waals surface area contributed by atoms with Gasteiger partial charge in [0.1, 0.15) is 5.75 Å². The Hall–Kier alpha value is -2.64. The van der Waals surface area contributed by atoms with Crippen molar-refractivity contribution in [1.29, 1.82) is 0 Å². The molecule has 0 atom stereocenters. The summed E-state index contributed by atoms with van der Waals surface area (Å²) in [7, 11) is 1.66. The lowest BCUT2D eigenvalue weighted by Gasteiger charge is -1.97. The van der Waals surface area contributed by atoms with Crippen LogP contribution in [0.4, 0.5) is 0 Å². The monoisotopic (exact) mass is 318 g/mol. The summed E-state index contributed by atoms with van der Waals surface area (Å²) in [6, 6.07) is 17.8.